The Morgan fingerprint density at radius 3 is 2.59 bits per heavy atom. The highest BCUT2D eigenvalue weighted by molar-refractivity contribution is 7.21. The third kappa shape index (κ3) is 4.79. The van der Waals surface area contributed by atoms with Crippen molar-refractivity contribution in [3.63, 3.8) is 0 Å². The summed E-state index contributed by atoms with van der Waals surface area (Å²) in [4.78, 5) is 49.6. The Labute approximate surface area is 227 Å². The zero-order valence-electron chi connectivity index (χ0n) is 20.7. The van der Waals surface area contributed by atoms with Crippen molar-refractivity contribution in [1.29, 1.82) is 0 Å². The maximum atomic E-state index is 13.3. The minimum absolute atomic E-state index is 0.0138. The molecule has 1 saturated carbocycles. The van der Waals surface area contributed by atoms with Crippen molar-refractivity contribution in [2.75, 3.05) is 10.2 Å². The quantitative estimate of drug-likeness (QED) is 0.280. The van der Waals surface area contributed by atoms with Crippen LogP contribution >= 0.6 is 11.3 Å². The fourth-order valence-electron chi connectivity index (χ4n) is 4.92. The normalized spacial score (nSPS) is 17.9. The van der Waals surface area contributed by atoms with Crippen molar-refractivity contribution in [2.24, 2.45) is 0 Å². The van der Waals surface area contributed by atoms with Crippen LogP contribution in [0, 0.1) is 0 Å². The minimum atomic E-state index is -0.431. The molecule has 0 bridgehead atoms. The van der Waals surface area contributed by atoms with Crippen molar-refractivity contribution in [1.82, 2.24) is 20.6 Å². The Kier molecular flexibility index (Phi) is 6.41. The predicted molar refractivity (Wildman–Crippen MR) is 149 cm³/mol. The van der Waals surface area contributed by atoms with Gasteiger partial charge in [0.05, 0.1) is 23.0 Å². The van der Waals surface area contributed by atoms with Crippen LogP contribution in [0.1, 0.15) is 28.9 Å². The van der Waals surface area contributed by atoms with Gasteiger partial charge in [-0.3, -0.25) is 9.59 Å². The molecule has 2 atom stereocenters. The first-order valence-corrected chi connectivity index (χ1v) is 13.3. The molecule has 0 spiro atoms. The van der Waals surface area contributed by atoms with E-state index in [1.54, 1.807) is 30.6 Å². The fraction of sp³-hybridized carbons (Fsp3) is 0.179. The zero-order chi connectivity index (χ0) is 26.9. The van der Waals surface area contributed by atoms with Crippen LogP contribution in [0.5, 0.6) is 11.5 Å². The second-order valence-electron chi connectivity index (χ2n) is 9.24. The van der Waals surface area contributed by atoms with Crippen LogP contribution in [0.25, 0.3) is 10.2 Å². The number of thiophene rings is 1. The van der Waals surface area contributed by atoms with E-state index in [0.717, 1.165) is 12.8 Å². The second-order valence-corrected chi connectivity index (χ2v) is 10.2. The van der Waals surface area contributed by atoms with E-state index in [9.17, 15) is 14.4 Å². The summed E-state index contributed by atoms with van der Waals surface area (Å²) in [5.74, 6) is 1.12. The lowest BCUT2D eigenvalue weighted by Crippen LogP contribution is -2.37. The molecule has 196 valence electrons. The van der Waals surface area contributed by atoms with Gasteiger partial charge in [0.2, 0.25) is 5.91 Å². The van der Waals surface area contributed by atoms with Gasteiger partial charge in [0, 0.05) is 18.3 Å². The van der Waals surface area contributed by atoms with Crippen LogP contribution in [-0.2, 0) is 4.79 Å². The monoisotopic (exact) mass is 540 g/mol. The van der Waals surface area contributed by atoms with E-state index in [0.29, 0.717) is 50.2 Å². The van der Waals surface area contributed by atoms with Crippen LogP contribution in [0.2, 0.25) is 0 Å². The first-order valence-electron chi connectivity index (χ1n) is 12.5. The van der Waals surface area contributed by atoms with E-state index in [2.05, 4.69) is 32.5 Å². The molecule has 1 aliphatic carbocycles. The van der Waals surface area contributed by atoms with E-state index >= 15 is 0 Å². The number of carbonyl (C=O) groups excluding carboxylic acids is 3. The molecule has 3 N–H and O–H groups in total. The molecule has 2 aliphatic rings. The lowest BCUT2D eigenvalue weighted by Gasteiger charge is -2.27. The summed E-state index contributed by atoms with van der Waals surface area (Å²) in [5.41, 5.74) is 1.03. The Balaban J connectivity index is 1.24. The molecule has 0 unspecified atom stereocenters. The van der Waals surface area contributed by atoms with Crippen LogP contribution < -0.4 is 25.6 Å². The molecule has 11 heteroatoms. The molecular formula is C28H24N6O4S. The van der Waals surface area contributed by atoms with E-state index in [1.807, 2.05) is 30.3 Å². The number of nitrogens with one attached hydrogen (secondary N) is 3. The number of ether oxygens (including phenoxy) is 1. The molecule has 4 aromatic rings. The highest BCUT2D eigenvalue weighted by Crippen LogP contribution is 2.45. The predicted octanol–water partition coefficient (Wildman–Crippen LogP) is 5.12. The van der Waals surface area contributed by atoms with Gasteiger partial charge in [0.1, 0.15) is 27.0 Å². The molecule has 1 fully saturated rings. The third-order valence-corrected chi connectivity index (χ3v) is 7.78. The van der Waals surface area contributed by atoms with Crippen molar-refractivity contribution in [2.45, 2.75) is 31.3 Å². The molecule has 1 aromatic carbocycles. The first kappa shape index (κ1) is 24.6. The smallest absolute Gasteiger partial charge is 0.332 e. The molecule has 0 radical (unpaired) electrons. The second kappa shape index (κ2) is 10.2. The van der Waals surface area contributed by atoms with Crippen molar-refractivity contribution in [3.8, 4) is 11.5 Å². The topological polar surface area (TPSA) is 126 Å². The maximum Gasteiger partial charge on any atom is 0.332 e. The van der Waals surface area contributed by atoms with Gasteiger partial charge in [-0.15, -0.1) is 11.3 Å². The number of benzene rings is 1. The average molecular weight is 541 g/mol. The molecular weight excluding hydrogens is 516 g/mol. The molecule has 3 aromatic heterocycles. The maximum absolute atomic E-state index is 13.3. The van der Waals surface area contributed by atoms with Gasteiger partial charge in [0.25, 0.3) is 5.91 Å². The third-order valence-electron chi connectivity index (χ3n) is 6.68. The summed E-state index contributed by atoms with van der Waals surface area (Å²) in [6, 6.07) is 14.0. The van der Waals surface area contributed by atoms with E-state index < -0.39 is 6.03 Å². The van der Waals surface area contributed by atoms with Gasteiger partial charge >= 0.3 is 6.03 Å². The SMILES string of the molecule is C=CC(=O)N[C@@H]1CC[C@@H](NC(=O)c2sc3nccc4c3c2NC(=O)N4c2ccc(Oc3ccccc3)cn2)C1. The lowest BCUT2D eigenvalue weighted by atomic mass is 10.1. The number of nitrogens with zero attached hydrogens (tertiary/aromatic N) is 3. The number of aromatic nitrogens is 2. The van der Waals surface area contributed by atoms with Crippen LogP contribution in [0.4, 0.5) is 22.0 Å². The summed E-state index contributed by atoms with van der Waals surface area (Å²) in [6.07, 6.45) is 6.55. The number of para-hydroxylation sites is 1. The van der Waals surface area contributed by atoms with E-state index in [4.69, 9.17) is 4.74 Å². The van der Waals surface area contributed by atoms with Crippen molar-refractivity contribution < 1.29 is 19.1 Å². The van der Waals surface area contributed by atoms with Crippen LogP contribution in [0.3, 0.4) is 0 Å². The highest BCUT2D eigenvalue weighted by atomic mass is 32.1. The number of rotatable bonds is 7. The minimum Gasteiger partial charge on any atom is -0.456 e. The molecule has 0 saturated heterocycles. The molecule has 6 rings (SSSR count). The average Bonchev–Trinajstić information content (AvgIpc) is 3.55. The van der Waals surface area contributed by atoms with Crippen molar-refractivity contribution in [3.05, 3.63) is 78.5 Å². The Hall–Kier alpha value is -4.77. The summed E-state index contributed by atoms with van der Waals surface area (Å²) < 4.78 is 5.82. The Morgan fingerprint density at radius 2 is 1.85 bits per heavy atom. The van der Waals surface area contributed by atoms with E-state index in [-0.39, 0.29) is 23.9 Å². The van der Waals surface area contributed by atoms with Gasteiger partial charge in [-0.25, -0.2) is 19.7 Å². The summed E-state index contributed by atoms with van der Waals surface area (Å²) >= 11 is 1.22. The summed E-state index contributed by atoms with van der Waals surface area (Å²) in [7, 11) is 0. The zero-order valence-corrected chi connectivity index (χ0v) is 21.5. The summed E-state index contributed by atoms with van der Waals surface area (Å²) in [6.45, 7) is 3.48. The largest absolute Gasteiger partial charge is 0.456 e. The van der Waals surface area contributed by atoms with Crippen LogP contribution in [0.15, 0.2) is 73.6 Å². The van der Waals surface area contributed by atoms with Gasteiger partial charge in [0.15, 0.2) is 0 Å². The van der Waals surface area contributed by atoms with Crippen LogP contribution in [-0.4, -0.2) is 39.9 Å². The number of amides is 4. The van der Waals surface area contributed by atoms with Gasteiger partial charge < -0.3 is 20.7 Å². The summed E-state index contributed by atoms with van der Waals surface area (Å²) in [5, 5.41) is 9.50. The number of pyridine rings is 2. The standard InChI is InChI=1S/C28H24N6O4S/c1-2-22(35)31-16-8-9-17(14-16)32-26(36)25-24-23-20(12-13-29-27(23)39-25)34(28(37)33-24)21-11-10-19(15-30-21)38-18-6-4-3-5-7-18/h2-7,10-13,15-17H,1,8-9,14H2,(H,31,35)(H,32,36)(H,33,37)/t16-,17-/m1/s1. The van der Waals surface area contributed by atoms with Gasteiger partial charge in [-0.1, -0.05) is 24.8 Å². The molecule has 10 nitrogen and oxygen atoms in total. The number of carbonyl (C=O) groups is 3. The molecule has 39 heavy (non-hydrogen) atoms. The molecule has 4 amide bonds. The number of anilines is 3. The number of hydrogen-bond donors (Lipinski definition) is 3. The highest BCUT2D eigenvalue weighted by Gasteiger charge is 2.34. The lowest BCUT2D eigenvalue weighted by molar-refractivity contribution is -0.117. The number of urea groups is 1. The van der Waals surface area contributed by atoms with Gasteiger partial charge in [-0.05, 0) is 55.7 Å². The fourth-order valence-corrected chi connectivity index (χ4v) is 5.94. The van der Waals surface area contributed by atoms with Gasteiger partial charge in [-0.2, -0.15) is 0 Å². The molecule has 1 aliphatic heterocycles. The first-order chi connectivity index (χ1) is 19.0. The van der Waals surface area contributed by atoms with E-state index in [1.165, 1.54) is 22.3 Å². The van der Waals surface area contributed by atoms with Crippen molar-refractivity contribution >= 4 is 56.6 Å². The molecule has 4 heterocycles. The Bertz CT molecular complexity index is 1590. The Morgan fingerprint density at radius 1 is 1.05 bits per heavy atom. The number of hydrogen-bond acceptors (Lipinski definition) is 7.